The summed E-state index contributed by atoms with van der Waals surface area (Å²) in [4.78, 5) is 10.3. The normalized spacial score (nSPS) is 12.3. The molecule has 0 bridgehead atoms. The molecule has 0 aromatic rings. The quantitative estimate of drug-likeness (QED) is 0.568. The molecule has 1 unspecified atom stereocenters. The first-order valence-electron chi connectivity index (χ1n) is 2.88. The van der Waals surface area contributed by atoms with Crippen molar-refractivity contribution in [3.8, 4) is 0 Å². The largest absolute Gasteiger partial charge is 0.447 e. The van der Waals surface area contributed by atoms with Gasteiger partial charge >= 0.3 is 6.09 Å². The van der Waals surface area contributed by atoms with Crippen LogP contribution >= 0.6 is 0 Å². The fourth-order valence-electron chi connectivity index (χ4n) is 0.300. The number of hydrogen-bond acceptors (Lipinski definition) is 2. The maximum atomic E-state index is 10.3. The van der Waals surface area contributed by atoms with Crippen LogP contribution in [0, 0.1) is 7.05 Å². The van der Waals surface area contributed by atoms with E-state index in [0.29, 0.717) is 0 Å². The summed E-state index contributed by atoms with van der Waals surface area (Å²) in [5.41, 5.74) is 0. The van der Waals surface area contributed by atoms with E-state index >= 15 is 0 Å². The van der Waals surface area contributed by atoms with Crippen LogP contribution in [-0.2, 0) is 4.74 Å². The fraction of sp³-hybridized carbons (Fsp3) is 0.667. The molecule has 0 aliphatic rings. The standard InChI is InChI=1S/C6H11NO2/c1-4-5(2)9-6(8)7-3/h3,5H,4H2,1-2H3,(H,7,8). The van der Waals surface area contributed by atoms with Crippen molar-refractivity contribution in [2.24, 2.45) is 0 Å². The molecule has 3 nitrogen and oxygen atoms in total. The monoisotopic (exact) mass is 129 g/mol. The fourth-order valence-corrected chi connectivity index (χ4v) is 0.300. The number of carbonyl (C=O) groups is 1. The molecule has 0 fully saturated rings. The van der Waals surface area contributed by atoms with Crippen molar-refractivity contribution in [1.29, 1.82) is 0 Å². The van der Waals surface area contributed by atoms with Gasteiger partial charge < -0.3 is 10.1 Å². The molecule has 0 aliphatic heterocycles. The molecule has 0 heterocycles. The molecule has 1 amide bonds. The molecule has 0 aromatic heterocycles. The zero-order valence-corrected chi connectivity index (χ0v) is 5.68. The lowest BCUT2D eigenvalue weighted by Crippen LogP contribution is -2.22. The van der Waals surface area contributed by atoms with Crippen LogP contribution in [0.2, 0.25) is 0 Å². The van der Waals surface area contributed by atoms with E-state index in [1.54, 1.807) is 6.92 Å². The minimum Gasteiger partial charge on any atom is -0.447 e. The van der Waals surface area contributed by atoms with Crippen molar-refractivity contribution in [1.82, 2.24) is 5.32 Å². The molecule has 3 heteroatoms. The summed E-state index contributed by atoms with van der Waals surface area (Å²) < 4.78 is 4.67. The van der Waals surface area contributed by atoms with Crippen LogP contribution in [0.4, 0.5) is 4.79 Å². The van der Waals surface area contributed by atoms with Crippen LogP contribution in [0.3, 0.4) is 0 Å². The van der Waals surface area contributed by atoms with E-state index in [-0.39, 0.29) is 6.10 Å². The van der Waals surface area contributed by atoms with Gasteiger partial charge in [-0.3, -0.25) is 0 Å². The summed E-state index contributed by atoms with van der Waals surface area (Å²) in [6.45, 7) is 3.73. The predicted molar refractivity (Wildman–Crippen MR) is 33.7 cm³/mol. The summed E-state index contributed by atoms with van der Waals surface area (Å²) in [5, 5.41) is 1.87. The van der Waals surface area contributed by atoms with Crippen molar-refractivity contribution in [3.63, 3.8) is 0 Å². The molecule has 0 aromatic carbocycles. The van der Waals surface area contributed by atoms with E-state index < -0.39 is 6.09 Å². The first-order valence-corrected chi connectivity index (χ1v) is 2.88. The van der Waals surface area contributed by atoms with Crippen LogP contribution < -0.4 is 5.32 Å². The lowest BCUT2D eigenvalue weighted by molar-refractivity contribution is 0.108. The van der Waals surface area contributed by atoms with Crippen LogP contribution in [0.25, 0.3) is 0 Å². The Bertz CT molecular complexity index is 93.1. The molecular weight excluding hydrogens is 118 g/mol. The molecule has 1 atom stereocenters. The molecule has 0 saturated carbocycles. The number of hydrogen-bond donors (Lipinski definition) is 1. The summed E-state index contributed by atoms with van der Waals surface area (Å²) >= 11 is 0. The third-order valence-electron chi connectivity index (χ3n) is 1.00. The topological polar surface area (TPSA) is 38.3 Å². The van der Waals surface area contributed by atoms with Gasteiger partial charge in [0.25, 0.3) is 0 Å². The van der Waals surface area contributed by atoms with Gasteiger partial charge in [-0.15, -0.1) is 0 Å². The Hall–Kier alpha value is -0.730. The second-order valence-electron chi connectivity index (χ2n) is 1.77. The average molecular weight is 129 g/mol. The Labute approximate surface area is 55.4 Å². The van der Waals surface area contributed by atoms with E-state index in [2.05, 4.69) is 4.74 Å². The average Bonchev–Trinajstić information content (AvgIpc) is 1.87. The first-order chi connectivity index (χ1) is 4.20. The predicted octanol–water partition coefficient (Wildman–Crippen LogP) is 1.18. The second-order valence-corrected chi connectivity index (χ2v) is 1.77. The van der Waals surface area contributed by atoms with Crippen molar-refractivity contribution >= 4 is 6.09 Å². The number of ether oxygens (including phenoxy) is 1. The number of amides is 1. The molecule has 0 saturated heterocycles. The zero-order chi connectivity index (χ0) is 7.28. The van der Waals surface area contributed by atoms with Crippen molar-refractivity contribution in [2.45, 2.75) is 26.4 Å². The van der Waals surface area contributed by atoms with Crippen molar-refractivity contribution in [3.05, 3.63) is 7.05 Å². The molecule has 0 spiro atoms. The lowest BCUT2D eigenvalue weighted by Gasteiger charge is -2.08. The van der Waals surface area contributed by atoms with Crippen LogP contribution in [0.5, 0.6) is 0 Å². The summed E-state index contributed by atoms with van der Waals surface area (Å²) in [6, 6.07) is 0. The highest BCUT2D eigenvalue weighted by molar-refractivity contribution is 5.67. The first kappa shape index (κ1) is 8.27. The third-order valence-corrected chi connectivity index (χ3v) is 1.00. The Morgan fingerprint density at radius 1 is 1.89 bits per heavy atom. The third kappa shape index (κ3) is 3.82. The molecule has 1 N–H and O–H groups in total. The van der Waals surface area contributed by atoms with Crippen molar-refractivity contribution < 1.29 is 9.53 Å². The minimum absolute atomic E-state index is 0.0615. The number of carbonyl (C=O) groups excluding carboxylic acids is 1. The van der Waals surface area contributed by atoms with Gasteiger partial charge in [0.2, 0.25) is 0 Å². The molecule has 52 valence electrons. The van der Waals surface area contributed by atoms with E-state index in [1.807, 2.05) is 12.2 Å². The Balaban J connectivity index is 3.34. The van der Waals surface area contributed by atoms with E-state index in [9.17, 15) is 4.79 Å². The highest BCUT2D eigenvalue weighted by atomic mass is 16.6. The second kappa shape index (κ2) is 4.18. The SMILES string of the molecule is [CH]NC(=O)OC(C)CC. The molecule has 0 aliphatic carbocycles. The van der Waals surface area contributed by atoms with Gasteiger partial charge in [0, 0.05) is 0 Å². The highest BCUT2D eigenvalue weighted by Crippen LogP contribution is 1.94. The van der Waals surface area contributed by atoms with Crippen LogP contribution in [-0.4, -0.2) is 12.2 Å². The van der Waals surface area contributed by atoms with Crippen LogP contribution in [0.1, 0.15) is 20.3 Å². The van der Waals surface area contributed by atoms with Gasteiger partial charge in [-0.25, -0.2) is 4.79 Å². The van der Waals surface area contributed by atoms with Crippen LogP contribution in [0.15, 0.2) is 0 Å². The van der Waals surface area contributed by atoms with Gasteiger partial charge in [0.05, 0.1) is 7.05 Å². The number of rotatable bonds is 2. The lowest BCUT2D eigenvalue weighted by atomic mass is 10.3. The smallest absolute Gasteiger partial charge is 0.407 e. The highest BCUT2D eigenvalue weighted by Gasteiger charge is 2.02. The maximum absolute atomic E-state index is 10.3. The number of nitrogens with one attached hydrogen (secondary N) is 1. The van der Waals surface area contributed by atoms with E-state index in [1.165, 1.54) is 0 Å². The van der Waals surface area contributed by atoms with E-state index in [4.69, 9.17) is 7.05 Å². The minimum atomic E-state index is -0.579. The maximum Gasteiger partial charge on any atom is 0.407 e. The molecule has 0 rings (SSSR count). The Kier molecular flexibility index (Phi) is 3.84. The van der Waals surface area contributed by atoms with Gasteiger partial charge in [-0.2, -0.15) is 0 Å². The Morgan fingerprint density at radius 2 is 2.44 bits per heavy atom. The number of alkyl carbamates (subject to hydrolysis) is 1. The summed E-state index contributed by atoms with van der Waals surface area (Å²) in [5.74, 6) is 0. The summed E-state index contributed by atoms with van der Waals surface area (Å²) in [7, 11) is 4.75. The van der Waals surface area contributed by atoms with E-state index in [0.717, 1.165) is 6.42 Å². The summed E-state index contributed by atoms with van der Waals surface area (Å²) in [6.07, 6.45) is 0.158. The van der Waals surface area contributed by atoms with Crippen molar-refractivity contribution in [2.75, 3.05) is 0 Å². The van der Waals surface area contributed by atoms with Gasteiger partial charge in [0.1, 0.15) is 6.10 Å². The molecular formula is C6H11NO2. The van der Waals surface area contributed by atoms with Gasteiger partial charge in [-0.05, 0) is 13.3 Å². The van der Waals surface area contributed by atoms with Gasteiger partial charge in [-0.1, -0.05) is 6.92 Å². The molecule has 9 heavy (non-hydrogen) atoms. The molecule has 2 radical (unpaired) electrons. The Morgan fingerprint density at radius 3 is 2.78 bits per heavy atom. The van der Waals surface area contributed by atoms with Gasteiger partial charge in [0.15, 0.2) is 0 Å². The zero-order valence-electron chi connectivity index (χ0n) is 5.68.